The number of fused-ring (bicyclic) bond motifs is 1. The maximum atomic E-state index is 13.5. The van der Waals surface area contributed by atoms with Crippen molar-refractivity contribution < 1.29 is 4.79 Å². The molecule has 3 unspecified atom stereocenters. The predicted molar refractivity (Wildman–Crippen MR) is 105 cm³/mol. The molecular weight excluding hydrogens is 355 g/mol. The number of Topliss-reactive ketones (excluding diaryl/α,β-unsaturated/α-hetero) is 1. The largest absolute Gasteiger partial charge is 0.307 e. The molecule has 3 rings (SSSR count). The van der Waals surface area contributed by atoms with E-state index in [0.717, 1.165) is 25.1 Å². The third-order valence-electron chi connectivity index (χ3n) is 5.91. The number of hydrogen-bond acceptors (Lipinski definition) is 3. The van der Waals surface area contributed by atoms with Crippen molar-refractivity contribution in [1.29, 1.82) is 0 Å². The molecule has 1 N–H and O–H groups in total. The third kappa shape index (κ3) is 4.05. The Bertz CT molecular complexity index is 632. The minimum atomic E-state index is -0.445. The number of nitrogens with zero attached hydrogens (tertiary/aromatic N) is 1. The summed E-state index contributed by atoms with van der Waals surface area (Å²) in [6.07, 6.45) is 6.55. The van der Waals surface area contributed by atoms with E-state index in [1.807, 2.05) is 12.1 Å². The second-order valence-electron chi connectivity index (χ2n) is 7.92. The quantitative estimate of drug-likeness (QED) is 0.827. The highest BCUT2D eigenvalue weighted by molar-refractivity contribution is 6.42. The Balaban J connectivity index is 1.88. The standard InChI is InChI=1S/C20H28Cl2N2O/c1-24(2)13-20(16-6-4-3-5-15(16)9-10-23-20)19(25)12-14-7-8-17(21)18(22)11-14/h7-8,11,15-16,23H,3-6,9-10,12-13H2,1-2H3. The molecule has 0 amide bonds. The van der Waals surface area contributed by atoms with Gasteiger partial charge in [0.15, 0.2) is 5.78 Å². The molecule has 25 heavy (non-hydrogen) atoms. The summed E-state index contributed by atoms with van der Waals surface area (Å²) in [6.45, 7) is 1.69. The summed E-state index contributed by atoms with van der Waals surface area (Å²) < 4.78 is 0. The van der Waals surface area contributed by atoms with Crippen molar-refractivity contribution in [2.75, 3.05) is 27.2 Å². The third-order valence-corrected chi connectivity index (χ3v) is 6.65. The first-order valence-corrected chi connectivity index (χ1v) is 10.0. The van der Waals surface area contributed by atoms with Crippen LogP contribution in [-0.2, 0) is 11.2 Å². The molecule has 2 fully saturated rings. The second-order valence-corrected chi connectivity index (χ2v) is 8.74. The number of hydrogen-bond donors (Lipinski definition) is 1. The van der Waals surface area contributed by atoms with Crippen LogP contribution in [0.2, 0.25) is 10.0 Å². The smallest absolute Gasteiger partial charge is 0.158 e. The van der Waals surface area contributed by atoms with Crippen LogP contribution in [0.4, 0.5) is 0 Å². The van der Waals surface area contributed by atoms with Crippen molar-refractivity contribution >= 4 is 29.0 Å². The van der Waals surface area contributed by atoms with Crippen LogP contribution in [-0.4, -0.2) is 43.4 Å². The lowest BCUT2D eigenvalue weighted by molar-refractivity contribution is -0.131. The molecule has 5 heteroatoms. The minimum Gasteiger partial charge on any atom is -0.307 e. The van der Waals surface area contributed by atoms with E-state index in [2.05, 4.69) is 24.3 Å². The van der Waals surface area contributed by atoms with Gasteiger partial charge in [0, 0.05) is 13.0 Å². The molecule has 1 aromatic carbocycles. The normalized spacial score (nSPS) is 29.5. The zero-order chi connectivity index (χ0) is 18.0. The van der Waals surface area contributed by atoms with Gasteiger partial charge in [0.1, 0.15) is 0 Å². The summed E-state index contributed by atoms with van der Waals surface area (Å²) >= 11 is 12.2. The number of nitrogens with one attached hydrogen (secondary N) is 1. The van der Waals surface area contributed by atoms with Gasteiger partial charge >= 0.3 is 0 Å². The Morgan fingerprint density at radius 2 is 1.96 bits per heavy atom. The van der Waals surface area contributed by atoms with Crippen molar-refractivity contribution in [2.24, 2.45) is 11.8 Å². The van der Waals surface area contributed by atoms with E-state index in [9.17, 15) is 4.79 Å². The van der Waals surface area contributed by atoms with Gasteiger partial charge in [-0.1, -0.05) is 48.5 Å². The van der Waals surface area contributed by atoms with Crippen molar-refractivity contribution in [3.63, 3.8) is 0 Å². The predicted octanol–water partition coefficient (Wildman–Crippen LogP) is 4.21. The Labute approximate surface area is 161 Å². The molecule has 0 aromatic heterocycles. The summed E-state index contributed by atoms with van der Waals surface area (Å²) in [5, 5.41) is 4.71. The van der Waals surface area contributed by atoms with Crippen LogP contribution >= 0.6 is 23.2 Å². The van der Waals surface area contributed by atoms with Gasteiger partial charge in [-0.15, -0.1) is 0 Å². The van der Waals surface area contributed by atoms with Gasteiger partial charge in [-0.3, -0.25) is 4.79 Å². The Morgan fingerprint density at radius 1 is 1.20 bits per heavy atom. The SMILES string of the molecule is CN(C)CC1(C(=O)Cc2ccc(Cl)c(Cl)c2)NCCC2CCCCC21. The number of piperidine rings is 1. The number of likely N-dealkylation sites (N-methyl/N-ethyl adjacent to an activating group) is 1. The minimum absolute atomic E-state index is 0.288. The molecule has 0 bridgehead atoms. The number of carbonyl (C=O) groups excluding carboxylic acids is 1. The fourth-order valence-corrected chi connectivity index (χ4v) is 5.19. The summed E-state index contributed by atoms with van der Waals surface area (Å²) in [7, 11) is 4.12. The van der Waals surface area contributed by atoms with E-state index in [0.29, 0.717) is 28.3 Å². The Morgan fingerprint density at radius 3 is 2.68 bits per heavy atom. The lowest BCUT2D eigenvalue weighted by atomic mass is 9.62. The van der Waals surface area contributed by atoms with Gasteiger partial charge < -0.3 is 10.2 Å². The van der Waals surface area contributed by atoms with Gasteiger partial charge in [-0.25, -0.2) is 0 Å². The van der Waals surface area contributed by atoms with E-state index in [4.69, 9.17) is 23.2 Å². The Hall–Kier alpha value is -0.610. The first-order chi connectivity index (χ1) is 11.9. The van der Waals surface area contributed by atoms with Crippen molar-refractivity contribution in [1.82, 2.24) is 10.2 Å². The summed E-state index contributed by atoms with van der Waals surface area (Å²) in [6, 6.07) is 5.52. The topological polar surface area (TPSA) is 32.3 Å². The molecule has 138 valence electrons. The van der Waals surface area contributed by atoms with Crippen LogP contribution in [0.3, 0.4) is 0 Å². The number of carbonyl (C=O) groups is 1. The molecule has 3 nitrogen and oxygen atoms in total. The zero-order valence-corrected chi connectivity index (χ0v) is 16.7. The van der Waals surface area contributed by atoms with Crippen LogP contribution in [0.15, 0.2) is 18.2 Å². The number of halogens is 2. The Kier molecular flexibility index (Phi) is 6.10. The molecule has 1 saturated carbocycles. The average molecular weight is 383 g/mol. The molecule has 1 aromatic rings. The van der Waals surface area contributed by atoms with E-state index in [-0.39, 0.29) is 5.78 Å². The highest BCUT2D eigenvalue weighted by Gasteiger charge is 2.50. The van der Waals surface area contributed by atoms with Crippen molar-refractivity contribution in [2.45, 2.75) is 44.1 Å². The fourth-order valence-electron chi connectivity index (χ4n) is 4.87. The molecule has 1 saturated heterocycles. The average Bonchev–Trinajstić information content (AvgIpc) is 2.58. The molecule has 0 spiro atoms. The lowest BCUT2D eigenvalue weighted by Gasteiger charge is -2.51. The maximum absolute atomic E-state index is 13.5. The highest BCUT2D eigenvalue weighted by Crippen LogP contribution is 2.43. The van der Waals surface area contributed by atoms with E-state index in [1.165, 1.54) is 25.7 Å². The van der Waals surface area contributed by atoms with Gasteiger partial charge in [0.2, 0.25) is 0 Å². The molecule has 1 aliphatic carbocycles. The summed E-state index contributed by atoms with van der Waals surface area (Å²) in [4.78, 5) is 15.7. The van der Waals surface area contributed by atoms with E-state index < -0.39 is 5.54 Å². The van der Waals surface area contributed by atoms with E-state index in [1.54, 1.807) is 6.07 Å². The lowest BCUT2D eigenvalue weighted by Crippen LogP contribution is -2.67. The van der Waals surface area contributed by atoms with Crippen LogP contribution < -0.4 is 5.32 Å². The summed E-state index contributed by atoms with van der Waals surface area (Å²) in [5.74, 6) is 1.40. The number of rotatable bonds is 5. The molecule has 1 aliphatic heterocycles. The summed E-state index contributed by atoms with van der Waals surface area (Å²) in [5.41, 5.74) is 0.496. The van der Waals surface area contributed by atoms with Crippen molar-refractivity contribution in [3.8, 4) is 0 Å². The fraction of sp³-hybridized carbons (Fsp3) is 0.650. The van der Waals surface area contributed by atoms with E-state index >= 15 is 0 Å². The van der Waals surface area contributed by atoms with Gasteiger partial charge in [0.25, 0.3) is 0 Å². The van der Waals surface area contributed by atoms with Crippen LogP contribution in [0.5, 0.6) is 0 Å². The van der Waals surface area contributed by atoms with Gasteiger partial charge in [0.05, 0.1) is 15.6 Å². The van der Waals surface area contributed by atoms with Crippen LogP contribution in [0, 0.1) is 11.8 Å². The van der Waals surface area contributed by atoms with Crippen LogP contribution in [0.25, 0.3) is 0 Å². The van der Waals surface area contributed by atoms with Gasteiger partial charge in [-0.05, 0) is 63.0 Å². The number of benzene rings is 1. The molecule has 0 radical (unpaired) electrons. The highest BCUT2D eigenvalue weighted by atomic mass is 35.5. The number of ketones is 1. The van der Waals surface area contributed by atoms with Crippen LogP contribution in [0.1, 0.15) is 37.7 Å². The second kappa shape index (κ2) is 7.96. The zero-order valence-electron chi connectivity index (χ0n) is 15.2. The maximum Gasteiger partial charge on any atom is 0.158 e. The first-order valence-electron chi connectivity index (χ1n) is 9.29. The monoisotopic (exact) mass is 382 g/mol. The molecule has 1 heterocycles. The molecular formula is C20H28Cl2N2O. The van der Waals surface area contributed by atoms with Crippen molar-refractivity contribution in [3.05, 3.63) is 33.8 Å². The molecule has 2 aliphatic rings. The first kappa shape index (κ1) is 19.2. The van der Waals surface area contributed by atoms with Gasteiger partial charge in [-0.2, -0.15) is 0 Å². The molecule has 3 atom stereocenters.